The van der Waals surface area contributed by atoms with Crippen LogP contribution in [-0.4, -0.2) is 18.9 Å². The summed E-state index contributed by atoms with van der Waals surface area (Å²) in [6.45, 7) is 21.3. The predicted molar refractivity (Wildman–Crippen MR) is 75.0 cm³/mol. The molecule has 0 N–H and O–H groups in total. The summed E-state index contributed by atoms with van der Waals surface area (Å²) in [5, 5.41) is 0. The maximum atomic E-state index is 5.78. The number of hydrogen-bond donors (Lipinski definition) is 0. The van der Waals surface area contributed by atoms with Gasteiger partial charge in [-0.2, -0.15) is 0 Å². The van der Waals surface area contributed by atoms with Gasteiger partial charge in [-0.05, 0) is 38.5 Å². The van der Waals surface area contributed by atoms with E-state index in [0.717, 1.165) is 0 Å². The Morgan fingerprint density at radius 1 is 0.529 bits per heavy atom. The third kappa shape index (κ3) is 4.63. The van der Waals surface area contributed by atoms with Gasteiger partial charge in [0.15, 0.2) is 0 Å². The first-order valence-electron chi connectivity index (χ1n) is 6.38. The molecule has 0 unspecified atom stereocenters. The summed E-state index contributed by atoms with van der Waals surface area (Å²) in [6.07, 6.45) is 0. The fourth-order valence-corrected chi connectivity index (χ4v) is 0.618. The molecule has 0 aromatic heterocycles. The highest BCUT2D eigenvalue weighted by molar-refractivity contribution is 6.18. The monoisotopic (exact) mass is 241 g/mol. The molecular weight excluding hydrogens is 211 g/mol. The minimum atomic E-state index is -0.249. The lowest BCUT2D eigenvalue weighted by Gasteiger charge is -2.42. The van der Waals surface area contributed by atoms with Crippen molar-refractivity contribution in [2.45, 2.75) is 80.4 Å². The summed E-state index contributed by atoms with van der Waals surface area (Å²) < 4.78 is 11.6. The number of hydrogen-bond acceptors (Lipinski definition) is 2. The Labute approximate surface area is 109 Å². The Bertz CT molecular complexity index is 218. The van der Waals surface area contributed by atoms with Gasteiger partial charge in [-0.25, -0.2) is 0 Å². The molecule has 0 aliphatic rings. The maximum absolute atomic E-state index is 5.78. The highest BCUT2D eigenvalue weighted by Gasteiger charge is 2.37. The third-order valence-electron chi connectivity index (χ3n) is 4.30. The molecule has 0 atom stereocenters. The van der Waals surface area contributed by atoms with E-state index >= 15 is 0 Å². The molecule has 0 aliphatic heterocycles. The van der Waals surface area contributed by atoms with Gasteiger partial charge < -0.3 is 9.31 Å². The van der Waals surface area contributed by atoms with Gasteiger partial charge in [0.1, 0.15) is 0 Å². The van der Waals surface area contributed by atoms with Crippen LogP contribution in [0, 0.1) is 10.8 Å². The molecule has 0 aliphatic carbocycles. The summed E-state index contributed by atoms with van der Waals surface area (Å²) in [6, 6.07) is 0. The lowest BCUT2D eigenvalue weighted by atomic mass is 9.77. The zero-order valence-electron chi connectivity index (χ0n) is 13.4. The molecule has 17 heavy (non-hydrogen) atoms. The van der Waals surface area contributed by atoms with E-state index in [1.54, 1.807) is 0 Å². The summed E-state index contributed by atoms with van der Waals surface area (Å²) >= 11 is 0. The van der Waals surface area contributed by atoms with Crippen LogP contribution in [0.3, 0.4) is 0 Å². The normalized spacial score (nSPS) is 14.9. The molecular formula is C14H30BO2. The lowest BCUT2D eigenvalue weighted by molar-refractivity contribution is -0.0570. The molecule has 101 valence electrons. The number of rotatable bonds is 4. The SMILES string of the molecule is CC(C)(C)C(C)(C)O[B]OC(C)(C)C(C)(C)C. The van der Waals surface area contributed by atoms with Crippen LogP contribution < -0.4 is 0 Å². The molecule has 0 aromatic rings. The fraction of sp³-hybridized carbons (Fsp3) is 1.00. The molecule has 0 bridgehead atoms. The van der Waals surface area contributed by atoms with Crippen LogP contribution in [0.2, 0.25) is 0 Å². The Hall–Kier alpha value is -0.0151. The average Bonchev–Trinajstić information content (AvgIpc) is 1.98. The van der Waals surface area contributed by atoms with Crippen molar-refractivity contribution in [1.29, 1.82) is 0 Å². The van der Waals surface area contributed by atoms with Crippen molar-refractivity contribution >= 4 is 7.69 Å². The molecule has 0 amide bonds. The van der Waals surface area contributed by atoms with Gasteiger partial charge in [0, 0.05) is 0 Å². The van der Waals surface area contributed by atoms with Crippen LogP contribution in [0.25, 0.3) is 0 Å². The predicted octanol–water partition coefficient (Wildman–Crippen LogP) is 4.20. The molecule has 0 aromatic carbocycles. The summed E-state index contributed by atoms with van der Waals surface area (Å²) in [5.41, 5.74) is -0.362. The topological polar surface area (TPSA) is 18.5 Å². The molecule has 2 nitrogen and oxygen atoms in total. The Morgan fingerprint density at radius 2 is 0.765 bits per heavy atom. The Morgan fingerprint density at radius 3 is 0.941 bits per heavy atom. The van der Waals surface area contributed by atoms with Crippen LogP contribution >= 0.6 is 0 Å². The average molecular weight is 241 g/mol. The zero-order chi connectivity index (χ0) is 14.1. The summed E-state index contributed by atoms with van der Waals surface area (Å²) in [7, 11) is 1.51. The van der Waals surface area contributed by atoms with Crippen molar-refractivity contribution in [3.8, 4) is 0 Å². The molecule has 0 saturated carbocycles. The van der Waals surface area contributed by atoms with Crippen molar-refractivity contribution in [1.82, 2.24) is 0 Å². The van der Waals surface area contributed by atoms with Crippen molar-refractivity contribution in [3.05, 3.63) is 0 Å². The minimum Gasteiger partial charge on any atom is -0.408 e. The van der Waals surface area contributed by atoms with Crippen molar-refractivity contribution in [2.75, 3.05) is 0 Å². The van der Waals surface area contributed by atoms with E-state index in [9.17, 15) is 0 Å². The zero-order valence-corrected chi connectivity index (χ0v) is 13.4. The molecule has 1 radical (unpaired) electrons. The van der Waals surface area contributed by atoms with Gasteiger partial charge in [0.05, 0.1) is 11.2 Å². The first-order valence-corrected chi connectivity index (χ1v) is 6.38. The molecule has 0 fully saturated rings. The first-order chi connectivity index (χ1) is 7.21. The van der Waals surface area contributed by atoms with E-state index in [2.05, 4.69) is 69.2 Å². The van der Waals surface area contributed by atoms with Gasteiger partial charge in [-0.15, -0.1) is 0 Å². The van der Waals surface area contributed by atoms with Gasteiger partial charge >= 0.3 is 7.69 Å². The fourth-order valence-electron chi connectivity index (χ4n) is 0.618. The van der Waals surface area contributed by atoms with Gasteiger partial charge in [-0.1, -0.05) is 41.5 Å². The van der Waals surface area contributed by atoms with Crippen LogP contribution in [0.1, 0.15) is 69.2 Å². The summed E-state index contributed by atoms with van der Waals surface area (Å²) in [4.78, 5) is 0. The first kappa shape index (κ1) is 17.0. The Kier molecular flexibility index (Phi) is 4.92. The van der Waals surface area contributed by atoms with Crippen molar-refractivity contribution < 1.29 is 9.31 Å². The Balaban J connectivity index is 4.36. The van der Waals surface area contributed by atoms with Crippen LogP contribution in [0.4, 0.5) is 0 Å². The molecule has 3 heteroatoms. The van der Waals surface area contributed by atoms with Gasteiger partial charge in [0.25, 0.3) is 0 Å². The molecule has 0 spiro atoms. The second-order valence-electron chi connectivity index (χ2n) is 7.85. The highest BCUT2D eigenvalue weighted by Crippen LogP contribution is 2.35. The van der Waals surface area contributed by atoms with Crippen LogP contribution in [0.5, 0.6) is 0 Å². The van der Waals surface area contributed by atoms with Gasteiger partial charge in [-0.3, -0.25) is 0 Å². The second kappa shape index (κ2) is 4.93. The van der Waals surface area contributed by atoms with Gasteiger partial charge in [0.2, 0.25) is 0 Å². The highest BCUT2D eigenvalue weighted by atomic mass is 16.6. The lowest BCUT2D eigenvalue weighted by Crippen LogP contribution is -2.45. The quantitative estimate of drug-likeness (QED) is 0.686. The standard InChI is InChI=1S/C14H30BO2/c1-11(2,3)13(7,8)16-15-17-14(9,10)12(4,5)6/h1-10H3. The third-order valence-corrected chi connectivity index (χ3v) is 4.30. The minimum absolute atomic E-state index is 0.0682. The molecule has 0 heterocycles. The van der Waals surface area contributed by atoms with Crippen LogP contribution in [-0.2, 0) is 9.31 Å². The van der Waals surface area contributed by atoms with E-state index in [1.807, 2.05) is 0 Å². The largest absolute Gasteiger partial charge is 0.488 e. The molecule has 0 rings (SSSR count). The maximum Gasteiger partial charge on any atom is 0.488 e. The van der Waals surface area contributed by atoms with Crippen molar-refractivity contribution in [2.24, 2.45) is 10.8 Å². The second-order valence-corrected chi connectivity index (χ2v) is 7.85. The van der Waals surface area contributed by atoms with Crippen LogP contribution in [0.15, 0.2) is 0 Å². The van der Waals surface area contributed by atoms with E-state index < -0.39 is 0 Å². The summed E-state index contributed by atoms with van der Waals surface area (Å²) in [5.74, 6) is 0. The van der Waals surface area contributed by atoms with Crippen molar-refractivity contribution in [3.63, 3.8) is 0 Å². The smallest absolute Gasteiger partial charge is 0.408 e. The van der Waals surface area contributed by atoms with E-state index in [1.165, 1.54) is 7.69 Å². The van der Waals surface area contributed by atoms with E-state index in [-0.39, 0.29) is 22.0 Å². The van der Waals surface area contributed by atoms with E-state index in [4.69, 9.17) is 9.31 Å². The van der Waals surface area contributed by atoms with E-state index in [0.29, 0.717) is 0 Å². The molecule has 0 saturated heterocycles.